The second-order valence-electron chi connectivity index (χ2n) is 10.9. The second-order valence-corrected chi connectivity index (χ2v) is 13.2. The van der Waals surface area contributed by atoms with Crippen LogP contribution in [0, 0.1) is 5.41 Å². The second kappa shape index (κ2) is 17.4. The fourth-order valence-corrected chi connectivity index (χ4v) is 6.35. The molecule has 0 aromatic heterocycles. The minimum atomic E-state index is -4.26. The maximum absolute atomic E-state index is 11.2. The fraction of sp³-hybridized carbons (Fsp3) is 0.517. The van der Waals surface area contributed by atoms with Crippen LogP contribution >= 0.6 is 12.0 Å². The zero-order valence-electron chi connectivity index (χ0n) is 26.2. The predicted octanol–water partition coefficient (Wildman–Crippen LogP) is -0.859. The zero-order valence-corrected chi connectivity index (χ0v) is 31.8. The van der Waals surface area contributed by atoms with Crippen molar-refractivity contribution in [3.8, 4) is 0 Å². The average molecular weight is 637 g/mol. The normalized spacial score (nSPS) is 20.8. The molecule has 0 fully saturated rings. The average Bonchev–Trinajstić information content (AvgIpc) is 3.23. The van der Waals surface area contributed by atoms with Gasteiger partial charge in [-0.05, 0) is 65.2 Å². The Hall–Kier alpha value is -0.280. The summed E-state index contributed by atoms with van der Waals surface area (Å²) in [6.07, 6.45) is 12.9. The van der Waals surface area contributed by atoms with Crippen molar-refractivity contribution in [3.05, 3.63) is 59.8 Å². The molecule has 1 atom stereocenters. The van der Waals surface area contributed by atoms with Crippen molar-refractivity contribution in [2.45, 2.75) is 77.5 Å². The van der Waals surface area contributed by atoms with Gasteiger partial charge in [0.15, 0.2) is 5.71 Å². The summed E-state index contributed by atoms with van der Waals surface area (Å²) >= 11 is 0.892. The number of benzene rings is 1. The molecule has 2 heterocycles. The maximum atomic E-state index is 11.2. The van der Waals surface area contributed by atoms with Gasteiger partial charge in [-0.25, -0.2) is 8.42 Å². The maximum Gasteiger partial charge on any atom is 1.00 e. The van der Waals surface area contributed by atoms with Gasteiger partial charge in [-0.15, -0.1) is 0 Å². The monoisotopic (exact) mass is 636 g/mol. The summed E-state index contributed by atoms with van der Waals surface area (Å²) in [6.45, 7) is 14.3. The number of hydrazone groups is 1. The standard InChI is InChI=1S/C29H41N3O6S2.2Na/c1-7-18-31-25-16-15-23(39-38-37-33)21-24(25)28(4,5)26(31)13-10-9-11-14-27-29(6,17-12-20-40(34,35)36)22(3)30-32(27)19-8-2;;/h9-11,13-16,21H,7-8,12,17-20H2,1-6H3,(H-,33,34,35,36);;/q;2*+1/p-1. The first-order valence-electron chi connectivity index (χ1n) is 13.6. The molecule has 0 radical (unpaired) electrons. The molecule has 0 saturated heterocycles. The van der Waals surface area contributed by atoms with Crippen LogP contribution in [-0.4, -0.2) is 52.8 Å². The molecule has 0 bridgehead atoms. The molecule has 0 saturated carbocycles. The van der Waals surface area contributed by atoms with E-state index in [4.69, 9.17) is 5.10 Å². The molecule has 9 nitrogen and oxygen atoms in total. The van der Waals surface area contributed by atoms with Crippen LogP contribution in [0.5, 0.6) is 0 Å². The zero-order chi connectivity index (χ0) is 29.6. The fourth-order valence-electron chi connectivity index (χ4n) is 5.46. The van der Waals surface area contributed by atoms with Crippen molar-refractivity contribution < 1.29 is 91.3 Å². The van der Waals surface area contributed by atoms with Gasteiger partial charge in [0.25, 0.3) is 0 Å². The summed E-state index contributed by atoms with van der Waals surface area (Å²) in [4.78, 5) is 0.789. The molecule has 0 N–H and O–H groups in total. The third-order valence-electron chi connectivity index (χ3n) is 7.62. The van der Waals surface area contributed by atoms with E-state index in [0.29, 0.717) is 6.42 Å². The third kappa shape index (κ3) is 9.61. The molecule has 0 spiro atoms. The molecule has 1 unspecified atom stereocenters. The SMILES string of the molecule is CCCN1N=C(C)C(C)(CCCS(=O)(=O)[O-])/C1=C/C=C/C=C/C1=[N+](CCC)c2ccc(SOO[O-])cc2C1(C)C.[Na+].[Na+]. The summed E-state index contributed by atoms with van der Waals surface area (Å²) in [6, 6.07) is 6.00. The van der Waals surface area contributed by atoms with Crippen molar-refractivity contribution >= 4 is 39.3 Å². The van der Waals surface area contributed by atoms with E-state index >= 15 is 0 Å². The van der Waals surface area contributed by atoms with Crippen molar-refractivity contribution in [3.63, 3.8) is 0 Å². The van der Waals surface area contributed by atoms with Crippen LogP contribution in [-0.2, 0) is 24.9 Å². The topological polar surface area (TPSA) is 117 Å². The van der Waals surface area contributed by atoms with Gasteiger partial charge < -0.3 is 9.81 Å². The van der Waals surface area contributed by atoms with Gasteiger partial charge in [0.2, 0.25) is 5.69 Å². The Morgan fingerprint density at radius 3 is 2.45 bits per heavy atom. The Morgan fingerprint density at radius 1 is 1.12 bits per heavy atom. The summed E-state index contributed by atoms with van der Waals surface area (Å²) in [5.41, 5.74) is 4.67. The molecule has 2 aliphatic rings. The van der Waals surface area contributed by atoms with E-state index in [9.17, 15) is 18.2 Å². The van der Waals surface area contributed by atoms with Gasteiger partial charge in [0, 0.05) is 58.1 Å². The molecule has 3 rings (SSSR count). The third-order valence-corrected chi connectivity index (χ3v) is 8.98. The molecule has 2 aliphatic heterocycles. The summed E-state index contributed by atoms with van der Waals surface area (Å²) in [7, 11) is -4.26. The number of fused-ring (bicyclic) bond motifs is 1. The molecule has 1 aromatic carbocycles. The Kier molecular flexibility index (Phi) is 16.5. The minimum absolute atomic E-state index is 0. The van der Waals surface area contributed by atoms with E-state index in [-0.39, 0.29) is 76.7 Å². The van der Waals surface area contributed by atoms with E-state index in [1.54, 1.807) is 0 Å². The minimum Gasteiger partial charge on any atom is -0.748 e. The Balaban J connectivity index is 0.00000441. The molecule has 1 aromatic rings. The van der Waals surface area contributed by atoms with E-state index < -0.39 is 15.5 Å². The van der Waals surface area contributed by atoms with E-state index in [2.05, 4.69) is 54.6 Å². The number of hydrogen-bond acceptors (Lipinski definition) is 9. The first-order valence-corrected chi connectivity index (χ1v) is 16.0. The van der Waals surface area contributed by atoms with Crippen LogP contribution in [0.1, 0.15) is 72.8 Å². The van der Waals surface area contributed by atoms with Crippen molar-refractivity contribution in [2.24, 2.45) is 10.5 Å². The number of rotatable bonds is 14. The Labute approximate surface area is 299 Å². The van der Waals surface area contributed by atoms with Crippen molar-refractivity contribution in [1.82, 2.24) is 5.01 Å². The van der Waals surface area contributed by atoms with E-state index in [1.165, 1.54) is 5.71 Å². The number of hydrogen-bond donors (Lipinski definition) is 0. The quantitative estimate of drug-likeness (QED) is 0.0493. The predicted molar refractivity (Wildman–Crippen MR) is 156 cm³/mol. The summed E-state index contributed by atoms with van der Waals surface area (Å²) in [5, 5.41) is 20.5. The van der Waals surface area contributed by atoms with Crippen molar-refractivity contribution in [2.75, 3.05) is 18.8 Å². The first kappa shape index (κ1) is 39.7. The molecular formula is C29H40N3Na2O6S2+. The van der Waals surface area contributed by atoms with Gasteiger partial charge in [-0.1, -0.05) is 32.1 Å². The van der Waals surface area contributed by atoms with Gasteiger partial charge in [-0.2, -0.15) is 14.0 Å². The molecule has 42 heavy (non-hydrogen) atoms. The molecule has 0 amide bonds. The van der Waals surface area contributed by atoms with E-state index in [0.717, 1.165) is 65.5 Å². The van der Waals surface area contributed by atoms with Crippen LogP contribution in [0.4, 0.5) is 5.69 Å². The molecule has 13 heteroatoms. The smallest absolute Gasteiger partial charge is 0.748 e. The first-order chi connectivity index (χ1) is 18.9. The number of allylic oxidation sites excluding steroid dienone is 6. The number of nitrogens with zero attached hydrogens (tertiary/aromatic N) is 3. The van der Waals surface area contributed by atoms with E-state index in [1.807, 2.05) is 54.4 Å². The van der Waals surface area contributed by atoms with Crippen LogP contribution < -0.4 is 64.4 Å². The van der Waals surface area contributed by atoms with Crippen LogP contribution in [0.2, 0.25) is 0 Å². The van der Waals surface area contributed by atoms with Crippen LogP contribution in [0.25, 0.3) is 0 Å². The molecule has 0 aliphatic carbocycles. The Bertz CT molecular complexity index is 1340. The van der Waals surface area contributed by atoms with Crippen LogP contribution in [0.15, 0.2) is 64.3 Å². The molecule has 220 valence electrons. The summed E-state index contributed by atoms with van der Waals surface area (Å²) in [5.74, 6) is -0.375. The Morgan fingerprint density at radius 2 is 1.83 bits per heavy atom. The molecular weight excluding hydrogens is 596 g/mol. The van der Waals surface area contributed by atoms with Crippen LogP contribution in [0.3, 0.4) is 0 Å². The van der Waals surface area contributed by atoms with Crippen molar-refractivity contribution in [1.29, 1.82) is 0 Å². The van der Waals surface area contributed by atoms with Gasteiger partial charge in [0.05, 0.1) is 27.6 Å². The van der Waals surface area contributed by atoms with Gasteiger partial charge >= 0.3 is 59.1 Å². The van der Waals surface area contributed by atoms with Gasteiger partial charge in [0.1, 0.15) is 6.54 Å². The van der Waals surface area contributed by atoms with Gasteiger partial charge in [-0.3, -0.25) is 10.0 Å². The summed E-state index contributed by atoms with van der Waals surface area (Å²) < 4.78 is 40.4. The largest absolute Gasteiger partial charge is 1.00 e.